The van der Waals surface area contributed by atoms with E-state index in [1.807, 2.05) is 0 Å². The van der Waals surface area contributed by atoms with Crippen molar-refractivity contribution in [2.45, 2.75) is 19.3 Å². The van der Waals surface area contributed by atoms with Crippen molar-refractivity contribution in [1.82, 2.24) is 4.90 Å². The number of carbonyl (C=O) groups is 2. The van der Waals surface area contributed by atoms with Crippen LogP contribution >= 0.6 is 0 Å². The fraction of sp³-hybridized carbons (Fsp3) is 0.385. The maximum atomic E-state index is 13.2. The predicted octanol–water partition coefficient (Wildman–Crippen LogP) is 1.88. The maximum absolute atomic E-state index is 13.2. The van der Waals surface area contributed by atoms with Gasteiger partial charge in [-0.05, 0) is 18.6 Å². The van der Waals surface area contributed by atoms with Gasteiger partial charge in [0.25, 0.3) is 0 Å². The molecule has 0 saturated carbocycles. The van der Waals surface area contributed by atoms with Crippen molar-refractivity contribution in [3.8, 4) is 5.75 Å². The summed E-state index contributed by atoms with van der Waals surface area (Å²) in [6, 6.07) is 3.05. The molecule has 2 amide bonds. The topological polar surface area (TPSA) is 46.6 Å². The van der Waals surface area contributed by atoms with E-state index in [1.54, 1.807) is 0 Å². The number of imide groups is 1. The van der Waals surface area contributed by atoms with Crippen LogP contribution in [0.15, 0.2) is 18.2 Å². The first-order valence-electron chi connectivity index (χ1n) is 5.99. The van der Waals surface area contributed by atoms with E-state index in [0.717, 1.165) is 12.1 Å². The Bertz CT molecular complexity index is 489. The molecule has 1 aliphatic rings. The summed E-state index contributed by atoms with van der Waals surface area (Å²) < 4.78 is 31.0. The first kappa shape index (κ1) is 13.5. The third-order valence-electron chi connectivity index (χ3n) is 2.83. The summed E-state index contributed by atoms with van der Waals surface area (Å²) in [7, 11) is 0. The van der Waals surface area contributed by atoms with Crippen LogP contribution in [0.2, 0.25) is 0 Å². The molecule has 0 unspecified atom stereocenters. The van der Waals surface area contributed by atoms with Gasteiger partial charge in [0.05, 0.1) is 6.61 Å². The number of ether oxygens (including phenoxy) is 1. The summed E-state index contributed by atoms with van der Waals surface area (Å²) >= 11 is 0. The molecule has 19 heavy (non-hydrogen) atoms. The highest BCUT2D eigenvalue weighted by molar-refractivity contribution is 6.01. The third-order valence-corrected chi connectivity index (χ3v) is 2.83. The zero-order valence-corrected chi connectivity index (χ0v) is 10.2. The van der Waals surface area contributed by atoms with E-state index in [0.29, 0.717) is 6.42 Å². The average Bonchev–Trinajstić information content (AvgIpc) is 2.68. The Hall–Kier alpha value is -1.98. The van der Waals surface area contributed by atoms with Crippen LogP contribution in [0.1, 0.15) is 19.3 Å². The van der Waals surface area contributed by atoms with Crippen molar-refractivity contribution in [1.29, 1.82) is 0 Å². The van der Waals surface area contributed by atoms with Gasteiger partial charge in [0, 0.05) is 25.5 Å². The van der Waals surface area contributed by atoms with Crippen molar-refractivity contribution >= 4 is 11.8 Å². The lowest BCUT2D eigenvalue weighted by Gasteiger charge is -2.13. The molecule has 1 saturated heterocycles. The molecule has 2 rings (SSSR count). The lowest BCUT2D eigenvalue weighted by molar-refractivity contribution is -0.138. The molecule has 102 valence electrons. The molecule has 6 heteroatoms. The molecule has 0 radical (unpaired) electrons. The Kier molecular flexibility index (Phi) is 4.09. The molecule has 0 N–H and O–H groups in total. The monoisotopic (exact) mass is 269 g/mol. The molecule has 1 aromatic carbocycles. The van der Waals surface area contributed by atoms with Crippen LogP contribution in [0.5, 0.6) is 5.75 Å². The van der Waals surface area contributed by atoms with Crippen LogP contribution in [0, 0.1) is 11.6 Å². The van der Waals surface area contributed by atoms with E-state index in [4.69, 9.17) is 4.74 Å². The standard InChI is InChI=1S/C13H13F2NO3/c14-9-2-3-11(10(15)8-9)19-7-1-6-16-12(17)4-5-13(16)18/h2-3,8H,1,4-7H2. The lowest BCUT2D eigenvalue weighted by Crippen LogP contribution is -2.30. The molecule has 1 aromatic rings. The number of halogens is 2. The summed E-state index contributed by atoms with van der Waals surface area (Å²) in [5.74, 6) is -1.84. The summed E-state index contributed by atoms with van der Waals surface area (Å²) in [6.45, 7) is 0.417. The van der Waals surface area contributed by atoms with Crippen molar-refractivity contribution < 1.29 is 23.1 Å². The van der Waals surface area contributed by atoms with Crippen LogP contribution in [0.3, 0.4) is 0 Å². The van der Waals surface area contributed by atoms with E-state index in [-0.39, 0.29) is 43.6 Å². The van der Waals surface area contributed by atoms with Gasteiger partial charge in [0.15, 0.2) is 11.6 Å². The Labute approximate surface area is 109 Å². The maximum Gasteiger partial charge on any atom is 0.229 e. The first-order valence-corrected chi connectivity index (χ1v) is 5.99. The highest BCUT2D eigenvalue weighted by Crippen LogP contribution is 2.18. The van der Waals surface area contributed by atoms with Gasteiger partial charge in [-0.15, -0.1) is 0 Å². The van der Waals surface area contributed by atoms with Gasteiger partial charge in [-0.2, -0.15) is 0 Å². The fourth-order valence-corrected chi connectivity index (χ4v) is 1.87. The van der Waals surface area contributed by atoms with Crippen LogP contribution < -0.4 is 4.74 Å². The average molecular weight is 269 g/mol. The van der Waals surface area contributed by atoms with E-state index >= 15 is 0 Å². The zero-order valence-electron chi connectivity index (χ0n) is 10.2. The number of nitrogens with zero attached hydrogens (tertiary/aromatic N) is 1. The van der Waals surface area contributed by atoms with Crippen LogP contribution in [0.4, 0.5) is 8.78 Å². The molecule has 0 spiro atoms. The molecule has 0 bridgehead atoms. The number of hydrogen-bond acceptors (Lipinski definition) is 3. The molecule has 0 atom stereocenters. The highest BCUT2D eigenvalue weighted by atomic mass is 19.1. The van der Waals surface area contributed by atoms with Crippen LogP contribution in [0.25, 0.3) is 0 Å². The minimum absolute atomic E-state index is 0.0412. The van der Waals surface area contributed by atoms with Gasteiger partial charge in [-0.3, -0.25) is 14.5 Å². The number of hydrogen-bond donors (Lipinski definition) is 0. The molecule has 1 aliphatic heterocycles. The minimum atomic E-state index is -0.770. The summed E-state index contributed by atoms with van der Waals surface area (Å²) in [5.41, 5.74) is 0. The van der Waals surface area contributed by atoms with E-state index in [2.05, 4.69) is 0 Å². The predicted molar refractivity (Wildman–Crippen MR) is 62.4 cm³/mol. The third kappa shape index (κ3) is 3.27. The van der Waals surface area contributed by atoms with Crippen LogP contribution in [-0.4, -0.2) is 29.9 Å². The molecule has 1 heterocycles. The smallest absolute Gasteiger partial charge is 0.229 e. The molecular formula is C13H13F2NO3. The van der Waals surface area contributed by atoms with E-state index in [1.165, 1.54) is 11.0 Å². The van der Waals surface area contributed by atoms with Crippen molar-refractivity contribution in [3.05, 3.63) is 29.8 Å². The molecule has 1 fully saturated rings. The van der Waals surface area contributed by atoms with E-state index < -0.39 is 11.6 Å². The second-order valence-electron chi connectivity index (χ2n) is 4.22. The summed E-state index contributed by atoms with van der Waals surface area (Å²) in [4.78, 5) is 23.8. The second kappa shape index (κ2) is 5.77. The second-order valence-corrected chi connectivity index (χ2v) is 4.22. The SMILES string of the molecule is O=C1CCC(=O)N1CCCOc1ccc(F)cc1F. The Morgan fingerprint density at radius 1 is 1.16 bits per heavy atom. The minimum Gasteiger partial charge on any atom is -0.490 e. The van der Waals surface area contributed by atoms with Gasteiger partial charge in [0.1, 0.15) is 5.82 Å². The van der Waals surface area contributed by atoms with Crippen LogP contribution in [-0.2, 0) is 9.59 Å². The highest BCUT2D eigenvalue weighted by Gasteiger charge is 2.27. The number of rotatable bonds is 5. The normalized spacial score (nSPS) is 15.2. The van der Waals surface area contributed by atoms with Gasteiger partial charge in [-0.25, -0.2) is 8.78 Å². The number of amides is 2. The largest absolute Gasteiger partial charge is 0.490 e. The Morgan fingerprint density at radius 3 is 2.47 bits per heavy atom. The van der Waals surface area contributed by atoms with E-state index in [9.17, 15) is 18.4 Å². The molecule has 4 nitrogen and oxygen atoms in total. The fourth-order valence-electron chi connectivity index (χ4n) is 1.87. The molecule has 0 aliphatic carbocycles. The quantitative estimate of drug-likeness (QED) is 0.605. The van der Waals surface area contributed by atoms with Crippen molar-refractivity contribution in [3.63, 3.8) is 0 Å². The summed E-state index contributed by atoms with van der Waals surface area (Å²) in [5, 5.41) is 0. The van der Waals surface area contributed by atoms with Gasteiger partial charge >= 0.3 is 0 Å². The molecule has 0 aromatic heterocycles. The number of likely N-dealkylation sites (tertiary alicyclic amines) is 1. The van der Waals surface area contributed by atoms with Gasteiger partial charge in [0.2, 0.25) is 11.8 Å². The van der Waals surface area contributed by atoms with Crippen molar-refractivity contribution in [2.24, 2.45) is 0 Å². The Balaban J connectivity index is 1.78. The lowest BCUT2D eigenvalue weighted by atomic mass is 10.3. The zero-order chi connectivity index (χ0) is 13.8. The van der Waals surface area contributed by atoms with Gasteiger partial charge < -0.3 is 4.74 Å². The number of carbonyl (C=O) groups excluding carboxylic acids is 2. The molecular weight excluding hydrogens is 256 g/mol. The number of benzene rings is 1. The van der Waals surface area contributed by atoms with Crippen molar-refractivity contribution in [2.75, 3.05) is 13.2 Å². The Morgan fingerprint density at radius 2 is 1.84 bits per heavy atom. The summed E-state index contributed by atoms with van der Waals surface area (Å²) in [6.07, 6.45) is 0.923. The van der Waals surface area contributed by atoms with Gasteiger partial charge in [-0.1, -0.05) is 0 Å². The first-order chi connectivity index (χ1) is 9.08.